The molecule has 0 aliphatic rings. The van der Waals surface area contributed by atoms with Gasteiger partial charge in [0.15, 0.2) is 11.5 Å². The molecular weight excluding hydrogens is 368 g/mol. The number of nitrogens with one attached hydrogen (secondary N) is 1. The maximum atomic E-state index is 12.5. The summed E-state index contributed by atoms with van der Waals surface area (Å²) < 4.78 is 10.6. The molecule has 0 unspecified atom stereocenters. The normalized spacial score (nSPS) is 10.4. The van der Waals surface area contributed by atoms with Crippen LogP contribution in [-0.2, 0) is 16.1 Å². The Labute approximate surface area is 172 Å². The SMILES string of the molecule is COc1ccc(CN(CCC(=O)Nc2c(C)cc(C)cc2C)C(C)=O)cc1OC. The molecule has 0 aliphatic heterocycles. The number of benzene rings is 2. The van der Waals surface area contributed by atoms with E-state index in [2.05, 4.69) is 5.32 Å². The lowest BCUT2D eigenvalue weighted by Gasteiger charge is -2.22. The summed E-state index contributed by atoms with van der Waals surface area (Å²) >= 11 is 0. The van der Waals surface area contributed by atoms with Crippen LogP contribution in [0, 0.1) is 20.8 Å². The number of hydrogen-bond acceptors (Lipinski definition) is 4. The maximum absolute atomic E-state index is 12.5. The molecule has 2 rings (SSSR count). The van der Waals surface area contributed by atoms with Crippen LogP contribution in [0.25, 0.3) is 0 Å². The van der Waals surface area contributed by atoms with Crippen LogP contribution in [0.3, 0.4) is 0 Å². The van der Waals surface area contributed by atoms with Crippen molar-refractivity contribution in [3.63, 3.8) is 0 Å². The van der Waals surface area contributed by atoms with Crippen LogP contribution < -0.4 is 14.8 Å². The average molecular weight is 399 g/mol. The van der Waals surface area contributed by atoms with Crippen molar-refractivity contribution in [1.29, 1.82) is 0 Å². The van der Waals surface area contributed by atoms with Crippen molar-refractivity contribution >= 4 is 17.5 Å². The zero-order chi connectivity index (χ0) is 21.6. The van der Waals surface area contributed by atoms with Gasteiger partial charge < -0.3 is 19.7 Å². The Morgan fingerprint density at radius 2 is 1.59 bits per heavy atom. The van der Waals surface area contributed by atoms with Gasteiger partial charge in [-0.2, -0.15) is 0 Å². The van der Waals surface area contributed by atoms with Crippen LogP contribution in [0.4, 0.5) is 5.69 Å². The van der Waals surface area contributed by atoms with Crippen molar-refractivity contribution in [1.82, 2.24) is 4.90 Å². The molecule has 2 aromatic carbocycles. The summed E-state index contributed by atoms with van der Waals surface area (Å²) in [4.78, 5) is 26.2. The third-order valence-electron chi connectivity index (χ3n) is 4.82. The first kappa shape index (κ1) is 22.3. The second-order valence-corrected chi connectivity index (χ2v) is 7.20. The van der Waals surface area contributed by atoms with E-state index in [1.165, 1.54) is 6.92 Å². The molecule has 29 heavy (non-hydrogen) atoms. The first-order valence-corrected chi connectivity index (χ1v) is 9.59. The minimum absolute atomic E-state index is 0.0877. The molecule has 0 spiro atoms. The van der Waals surface area contributed by atoms with Gasteiger partial charge in [0.1, 0.15) is 0 Å². The second-order valence-electron chi connectivity index (χ2n) is 7.20. The Balaban J connectivity index is 2.03. The molecule has 1 N–H and O–H groups in total. The van der Waals surface area contributed by atoms with E-state index in [1.807, 2.05) is 51.1 Å². The van der Waals surface area contributed by atoms with Gasteiger partial charge in [-0.15, -0.1) is 0 Å². The number of hydrogen-bond donors (Lipinski definition) is 1. The predicted molar refractivity (Wildman–Crippen MR) is 115 cm³/mol. The van der Waals surface area contributed by atoms with E-state index in [0.717, 1.165) is 27.9 Å². The van der Waals surface area contributed by atoms with Gasteiger partial charge in [-0.1, -0.05) is 23.8 Å². The highest BCUT2D eigenvalue weighted by atomic mass is 16.5. The number of anilines is 1. The molecule has 0 heterocycles. The number of nitrogens with zero attached hydrogens (tertiary/aromatic N) is 1. The summed E-state index contributed by atoms with van der Waals surface area (Å²) in [5, 5.41) is 2.98. The monoisotopic (exact) mass is 398 g/mol. The maximum Gasteiger partial charge on any atom is 0.226 e. The van der Waals surface area contributed by atoms with Gasteiger partial charge >= 0.3 is 0 Å². The fourth-order valence-electron chi connectivity index (χ4n) is 3.36. The molecule has 0 aromatic heterocycles. The molecule has 0 aliphatic carbocycles. The summed E-state index contributed by atoms with van der Waals surface area (Å²) in [7, 11) is 3.15. The van der Waals surface area contributed by atoms with Crippen molar-refractivity contribution in [3.05, 3.63) is 52.6 Å². The molecule has 6 heteroatoms. The van der Waals surface area contributed by atoms with E-state index in [4.69, 9.17) is 9.47 Å². The highest BCUT2D eigenvalue weighted by Crippen LogP contribution is 2.28. The summed E-state index contributed by atoms with van der Waals surface area (Å²) in [5.74, 6) is 1.04. The first-order valence-electron chi connectivity index (χ1n) is 9.59. The smallest absolute Gasteiger partial charge is 0.226 e. The van der Waals surface area contributed by atoms with Crippen molar-refractivity contribution in [3.8, 4) is 11.5 Å². The van der Waals surface area contributed by atoms with Crippen LogP contribution in [0.2, 0.25) is 0 Å². The minimum atomic E-state index is -0.112. The molecule has 0 fully saturated rings. The first-order chi connectivity index (χ1) is 13.7. The zero-order valence-electron chi connectivity index (χ0n) is 18.1. The summed E-state index contributed by atoms with van der Waals surface area (Å²) in [6.07, 6.45) is 0.222. The third kappa shape index (κ3) is 5.98. The van der Waals surface area contributed by atoms with E-state index in [1.54, 1.807) is 19.1 Å². The van der Waals surface area contributed by atoms with Gasteiger partial charge in [0.25, 0.3) is 0 Å². The quantitative estimate of drug-likeness (QED) is 0.730. The topological polar surface area (TPSA) is 67.9 Å². The molecule has 0 saturated heterocycles. The molecular formula is C23H30N2O4. The highest BCUT2D eigenvalue weighted by Gasteiger charge is 2.15. The van der Waals surface area contributed by atoms with E-state index >= 15 is 0 Å². The molecule has 156 valence electrons. The molecule has 0 atom stereocenters. The Kier molecular flexibility index (Phi) is 7.65. The van der Waals surface area contributed by atoms with Crippen LogP contribution in [0.1, 0.15) is 35.6 Å². The minimum Gasteiger partial charge on any atom is -0.493 e. The third-order valence-corrected chi connectivity index (χ3v) is 4.82. The number of amides is 2. The number of carbonyl (C=O) groups excluding carboxylic acids is 2. The fraction of sp³-hybridized carbons (Fsp3) is 0.391. The Bertz CT molecular complexity index is 869. The van der Waals surface area contributed by atoms with Crippen LogP contribution in [-0.4, -0.2) is 37.5 Å². The van der Waals surface area contributed by atoms with Gasteiger partial charge in [-0.25, -0.2) is 0 Å². The highest BCUT2D eigenvalue weighted by molar-refractivity contribution is 5.92. The van der Waals surface area contributed by atoms with Crippen molar-refractivity contribution < 1.29 is 19.1 Å². The number of aryl methyl sites for hydroxylation is 3. The van der Waals surface area contributed by atoms with E-state index < -0.39 is 0 Å². The Morgan fingerprint density at radius 3 is 2.14 bits per heavy atom. The number of ether oxygens (including phenoxy) is 2. The van der Waals surface area contributed by atoms with Gasteiger partial charge in [0, 0.05) is 32.1 Å². The van der Waals surface area contributed by atoms with Gasteiger partial charge in [0.2, 0.25) is 11.8 Å². The fourth-order valence-corrected chi connectivity index (χ4v) is 3.36. The van der Waals surface area contributed by atoms with E-state index in [-0.39, 0.29) is 18.2 Å². The van der Waals surface area contributed by atoms with Gasteiger partial charge in [0.05, 0.1) is 14.2 Å². The lowest BCUT2D eigenvalue weighted by Crippen LogP contribution is -2.31. The van der Waals surface area contributed by atoms with Crippen LogP contribution >= 0.6 is 0 Å². The molecule has 2 aromatic rings. The van der Waals surface area contributed by atoms with Crippen molar-refractivity contribution in [2.75, 3.05) is 26.1 Å². The van der Waals surface area contributed by atoms with Crippen molar-refractivity contribution in [2.45, 2.75) is 40.7 Å². The largest absolute Gasteiger partial charge is 0.493 e. The molecule has 0 saturated carbocycles. The zero-order valence-corrected chi connectivity index (χ0v) is 18.1. The molecule has 2 amide bonds. The van der Waals surface area contributed by atoms with Crippen LogP contribution in [0.15, 0.2) is 30.3 Å². The van der Waals surface area contributed by atoms with Crippen molar-refractivity contribution in [2.24, 2.45) is 0 Å². The second kappa shape index (κ2) is 9.96. The summed E-state index contributed by atoms with van der Waals surface area (Å²) in [6, 6.07) is 9.62. The molecule has 0 radical (unpaired) electrons. The number of carbonyl (C=O) groups is 2. The summed E-state index contributed by atoms with van der Waals surface area (Å²) in [5.41, 5.74) is 4.98. The van der Waals surface area contributed by atoms with E-state index in [0.29, 0.717) is 24.6 Å². The lowest BCUT2D eigenvalue weighted by atomic mass is 10.0. The molecule has 6 nitrogen and oxygen atoms in total. The Morgan fingerprint density at radius 1 is 0.966 bits per heavy atom. The average Bonchev–Trinajstić information content (AvgIpc) is 2.67. The summed E-state index contributed by atoms with van der Waals surface area (Å²) in [6.45, 7) is 8.23. The number of rotatable bonds is 8. The lowest BCUT2D eigenvalue weighted by molar-refractivity contribution is -0.129. The number of methoxy groups -OCH3 is 2. The standard InChI is InChI=1S/C23H30N2O4/c1-15-11-16(2)23(17(3)12-15)24-22(27)9-10-25(18(4)26)14-19-7-8-20(28-5)21(13-19)29-6/h7-8,11-13H,9-10,14H2,1-6H3,(H,24,27). The molecule has 0 bridgehead atoms. The van der Waals surface area contributed by atoms with E-state index in [9.17, 15) is 9.59 Å². The van der Waals surface area contributed by atoms with Gasteiger partial charge in [-0.05, 0) is 49.6 Å². The Hall–Kier alpha value is -3.02. The van der Waals surface area contributed by atoms with Gasteiger partial charge in [-0.3, -0.25) is 9.59 Å². The predicted octanol–water partition coefficient (Wildman–Crippen LogP) is 4.01. The van der Waals surface area contributed by atoms with Crippen LogP contribution in [0.5, 0.6) is 11.5 Å².